The minimum absolute atomic E-state index is 0.377. The van der Waals surface area contributed by atoms with E-state index in [0.717, 1.165) is 19.3 Å². The van der Waals surface area contributed by atoms with E-state index in [4.69, 9.17) is 2.86 Å². The highest BCUT2D eigenvalue weighted by Crippen LogP contribution is 2.11. The number of rotatable bonds is 14. The maximum atomic E-state index is 10.7. The molecule has 106 valence electrons. The molecule has 18 heavy (non-hydrogen) atoms. The third kappa shape index (κ3) is 15.2. The van der Waals surface area contributed by atoms with Crippen molar-refractivity contribution in [1.29, 1.82) is 2.86 Å². The molecule has 3 nitrogen and oxygen atoms in total. The Morgan fingerprint density at radius 2 is 1.50 bits per heavy atom. The van der Waals surface area contributed by atoms with Crippen LogP contribution in [-0.4, -0.2) is 24.2 Å². The van der Waals surface area contributed by atoms with Gasteiger partial charge in [0, 0.05) is 6.42 Å². The third-order valence-electron chi connectivity index (χ3n) is 3.01. The quantitative estimate of drug-likeness (QED) is 0.367. The van der Waals surface area contributed by atoms with Crippen LogP contribution in [0.15, 0.2) is 12.2 Å². The fourth-order valence-electron chi connectivity index (χ4n) is 1.95. The molecule has 0 aromatic rings. The summed E-state index contributed by atoms with van der Waals surface area (Å²) in [5, 5.41) is 8.04. The first-order valence-corrected chi connectivity index (χ1v) is 7.20. The van der Waals surface area contributed by atoms with E-state index >= 15 is 0 Å². The van der Waals surface area contributed by atoms with Gasteiger partial charge in [0.15, 0.2) is 0 Å². The second kappa shape index (κ2) is 14.2. The van der Waals surface area contributed by atoms with Crippen molar-refractivity contribution >= 4 is 5.97 Å². The molecular formula is C15H28O3. The molecule has 0 radical (unpaired) electrons. The van der Waals surface area contributed by atoms with Crippen LogP contribution in [-0.2, 0) is 4.79 Å². The van der Waals surface area contributed by atoms with Gasteiger partial charge < -0.3 is 10.2 Å². The summed E-state index contributed by atoms with van der Waals surface area (Å²) in [7, 11) is 0. The molecule has 0 rings (SSSR count). The molecule has 3 heteroatoms. The number of hydrogen-bond acceptors (Lipinski definition) is 3. The van der Waals surface area contributed by atoms with Gasteiger partial charge in [0.1, 0.15) is 0 Å². The molecule has 0 aromatic heterocycles. The molecule has 0 aliphatic carbocycles. The molecule has 0 fully saturated rings. The number of aliphatic hydroxyl groups excluding tert-OH is 1. The SMILES string of the molecule is [2H]OC/C=C\CCCCCCCCCCCC(=O)O[2H]. The fraction of sp³-hybridized carbons (Fsp3) is 0.800. The van der Waals surface area contributed by atoms with E-state index in [2.05, 4.69) is 16.3 Å². The summed E-state index contributed by atoms with van der Waals surface area (Å²) >= 11 is 0. The van der Waals surface area contributed by atoms with Crippen molar-refractivity contribution in [3.05, 3.63) is 12.2 Å². The average molecular weight is 258 g/mol. The van der Waals surface area contributed by atoms with E-state index < -0.39 is 5.97 Å². The molecule has 0 spiro atoms. The number of aliphatic carboxylic acids is 1. The van der Waals surface area contributed by atoms with Crippen LogP contribution in [0.4, 0.5) is 0 Å². The fourth-order valence-corrected chi connectivity index (χ4v) is 1.95. The van der Waals surface area contributed by atoms with Crippen molar-refractivity contribution in [3.63, 3.8) is 0 Å². The number of hydrogen-bond donors (Lipinski definition) is 2. The highest BCUT2D eigenvalue weighted by Gasteiger charge is 1.96. The van der Waals surface area contributed by atoms with E-state index in [1.165, 1.54) is 44.9 Å². The van der Waals surface area contributed by atoms with Crippen molar-refractivity contribution in [1.82, 2.24) is 0 Å². The Kier molecular flexibility index (Phi) is 10.8. The van der Waals surface area contributed by atoms with E-state index in [0.29, 0.717) is 13.0 Å². The zero-order valence-electron chi connectivity index (χ0n) is 13.4. The molecule has 0 aliphatic rings. The molecule has 0 atom stereocenters. The molecule has 0 saturated carbocycles. The van der Waals surface area contributed by atoms with Gasteiger partial charge in [-0.25, -0.2) is 0 Å². The lowest BCUT2D eigenvalue weighted by Gasteiger charge is -2.01. The molecule has 0 amide bonds. The monoisotopic (exact) mass is 258 g/mol. The van der Waals surface area contributed by atoms with Crippen LogP contribution >= 0.6 is 0 Å². The van der Waals surface area contributed by atoms with Crippen LogP contribution in [0.5, 0.6) is 0 Å². The third-order valence-corrected chi connectivity index (χ3v) is 3.01. The predicted molar refractivity (Wildman–Crippen MR) is 74.6 cm³/mol. The summed E-state index contributed by atoms with van der Waals surface area (Å²) in [6, 6.07) is 0. The molecule has 0 saturated heterocycles. The Morgan fingerprint density at radius 1 is 0.889 bits per heavy atom. The first kappa shape index (κ1) is 13.6. The molecular weight excluding hydrogens is 228 g/mol. The molecule has 0 unspecified atom stereocenters. The molecule has 0 bridgehead atoms. The first-order chi connectivity index (χ1) is 9.81. The number of carboxylic acids is 1. The van der Waals surface area contributed by atoms with Crippen LogP contribution in [0.25, 0.3) is 1.43 Å². The molecule has 0 aromatic carbocycles. The molecule has 0 heterocycles. The second-order valence-corrected chi connectivity index (χ2v) is 4.73. The Labute approximate surface area is 114 Å². The van der Waals surface area contributed by atoms with Crippen molar-refractivity contribution in [3.8, 4) is 0 Å². The normalized spacial score (nSPS) is 12.4. The number of carbonyl (C=O) groups is 1. The zero-order valence-corrected chi connectivity index (χ0v) is 11.4. The Hall–Kier alpha value is -0.830. The smallest absolute Gasteiger partial charge is 0.303 e. The summed E-state index contributed by atoms with van der Waals surface area (Å²) in [4.78, 5) is 10.7. The summed E-state index contributed by atoms with van der Waals surface area (Å²) in [5.74, 6) is -0.423. The summed E-state index contributed by atoms with van der Waals surface area (Å²) in [6.07, 6.45) is 16.0. The highest BCUT2D eigenvalue weighted by atomic mass is 16.4. The summed E-state index contributed by atoms with van der Waals surface area (Å²) < 4.78 is 12.9. The standard InChI is InChI=1S/C15H28O3/c16-14-12-10-8-6-4-2-1-3-5-7-9-11-13-15(17)18/h10,12,16H,1-9,11,13-14H2,(H,17,18)/b12-10-/i16D/hD. The molecule has 0 aliphatic heterocycles. The van der Waals surface area contributed by atoms with Crippen LogP contribution in [0.3, 0.4) is 0 Å². The molecule has 2 N–H and O–H groups in total. The first-order valence-electron chi connectivity index (χ1n) is 8.02. The number of unbranched alkanes of at least 4 members (excludes halogenated alkanes) is 9. The van der Waals surface area contributed by atoms with Gasteiger partial charge in [-0.2, -0.15) is 0 Å². The summed E-state index contributed by atoms with van der Waals surface area (Å²) in [6.45, 7) is 0.388. The predicted octanol–water partition coefficient (Wildman–Crippen LogP) is 3.91. The van der Waals surface area contributed by atoms with Crippen molar-refractivity contribution in [2.75, 3.05) is 6.61 Å². The van der Waals surface area contributed by atoms with Crippen molar-refractivity contribution < 1.29 is 15.0 Å². The van der Waals surface area contributed by atoms with Gasteiger partial charge in [-0.05, 0) is 19.3 Å². The zero-order chi connectivity index (χ0) is 14.9. The topological polar surface area (TPSA) is 57.5 Å². The van der Waals surface area contributed by atoms with E-state index in [9.17, 15) is 4.79 Å². The lowest BCUT2D eigenvalue weighted by Crippen LogP contribution is -1.93. The maximum Gasteiger partial charge on any atom is 0.303 e. The van der Waals surface area contributed by atoms with E-state index in [1.807, 2.05) is 6.08 Å². The van der Waals surface area contributed by atoms with Gasteiger partial charge in [0.05, 0.1) is 6.61 Å². The Bertz CT molecular complexity index is 245. The second-order valence-electron chi connectivity index (χ2n) is 4.73. The lowest BCUT2D eigenvalue weighted by molar-refractivity contribution is -0.137. The summed E-state index contributed by atoms with van der Waals surface area (Å²) in [5.41, 5.74) is 0. The number of aliphatic hydroxyl groups is 1. The van der Waals surface area contributed by atoms with Crippen LogP contribution in [0.2, 0.25) is 0 Å². The average Bonchev–Trinajstić information content (AvgIpc) is 2.47. The van der Waals surface area contributed by atoms with Crippen LogP contribution in [0, 0.1) is 0 Å². The van der Waals surface area contributed by atoms with E-state index in [-0.39, 0.29) is 0 Å². The van der Waals surface area contributed by atoms with Gasteiger partial charge in [-0.15, -0.1) is 0 Å². The lowest BCUT2D eigenvalue weighted by atomic mass is 10.1. The Balaban J connectivity index is 3.04. The van der Waals surface area contributed by atoms with E-state index in [1.54, 1.807) is 0 Å². The number of carboxylic acid groups (broad SMARTS) is 1. The van der Waals surface area contributed by atoms with Crippen molar-refractivity contribution in [2.45, 2.75) is 70.6 Å². The maximum absolute atomic E-state index is 10.7. The minimum atomic E-state index is -0.423. The van der Waals surface area contributed by atoms with Gasteiger partial charge in [0.25, 0.3) is 1.43 Å². The van der Waals surface area contributed by atoms with Crippen molar-refractivity contribution in [2.24, 2.45) is 0 Å². The Morgan fingerprint density at radius 3 is 2.11 bits per heavy atom. The van der Waals surface area contributed by atoms with Gasteiger partial charge in [0.2, 0.25) is 1.43 Å². The van der Waals surface area contributed by atoms with Crippen LogP contribution < -0.4 is 0 Å². The number of allylic oxidation sites excluding steroid dienone is 1. The minimum Gasteiger partial charge on any atom is -0.481 e. The van der Waals surface area contributed by atoms with Gasteiger partial charge in [-0.1, -0.05) is 57.1 Å². The largest absolute Gasteiger partial charge is 0.481 e. The van der Waals surface area contributed by atoms with Gasteiger partial charge >= 0.3 is 5.97 Å². The van der Waals surface area contributed by atoms with Gasteiger partial charge in [-0.3, -0.25) is 4.79 Å². The van der Waals surface area contributed by atoms with Crippen LogP contribution in [0.1, 0.15) is 70.6 Å². The highest BCUT2D eigenvalue weighted by molar-refractivity contribution is 5.66.